The fourth-order valence-corrected chi connectivity index (χ4v) is 3.45. The molecule has 1 saturated carbocycles. The van der Waals surface area contributed by atoms with Crippen molar-refractivity contribution in [3.63, 3.8) is 0 Å². The van der Waals surface area contributed by atoms with Gasteiger partial charge in [-0.2, -0.15) is 0 Å². The summed E-state index contributed by atoms with van der Waals surface area (Å²) >= 11 is 0. The third-order valence-electron chi connectivity index (χ3n) is 5.05. The topological polar surface area (TPSA) is 49.4 Å². The smallest absolute Gasteiger partial charge is 0.246 e. The average molecular weight is 280 g/mol. The lowest BCUT2D eigenvalue weighted by Crippen LogP contribution is -2.71. The number of carbonyl (C=O) groups excluding carboxylic acids is 2. The molecule has 2 unspecified atom stereocenters. The number of carbonyl (C=O) groups is 2. The Morgan fingerprint density at radius 3 is 2.35 bits per heavy atom. The summed E-state index contributed by atoms with van der Waals surface area (Å²) in [6, 6.07) is -0.349. The average Bonchev–Trinajstić information content (AvgIpc) is 2.89. The largest absolute Gasteiger partial charge is 0.342 e. The van der Waals surface area contributed by atoms with Crippen molar-refractivity contribution in [2.75, 3.05) is 6.54 Å². The van der Waals surface area contributed by atoms with Crippen molar-refractivity contribution in [3.05, 3.63) is 0 Å². The normalized spacial score (nSPS) is 27.2. The third-order valence-corrected chi connectivity index (χ3v) is 5.05. The van der Waals surface area contributed by atoms with Gasteiger partial charge in [-0.1, -0.05) is 47.0 Å². The Kier molecular flexibility index (Phi) is 4.40. The second-order valence-corrected chi connectivity index (χ2v) is 6.90. The first kappa shape index (κ1) is 15.3. The molecule has 2 aliphatic rings. The number of rotatable bonds is 4. The van der Waals surface area contributed by atoms with Crippen LogP contribution < -0.4 is 5.32 Å². The van der Waals surface area contributed by atoms with Crippen LogP contribution >= 0.6 is 0 Å². The summed E-state index contributed by atoms with van der Waals surface area (Å²) in [5, 5.41) is 2.99. The zero-order chi connectivity index (χ0) is 14.9. The van der Waals surface area contributed by atoms with E-state index in [1.54, 1.807) is 0 Å². The molecule has 2 rings (SSSR count). The SMILES string of the molecule is CCC(C)CN1C(=O)C(C(C)C)NC(=O)C12CCCC2. The minimum atomic E-state index is -0.550. The number of hydrogen-bond acceptors (Lipinski definition) is 2. The molecule has 1 aliphatic carbocycles. The lowest BCUT2D eigenvalue weighted by Gasteiger charge is -2.48. The number of piperazine rings is 1. The van der Waals surface area contributed by atoms with Crippen LogP contribution in [0.15, 0.2) is 0 Å². The Morgan fingerprint density at radius 2 is 1.85 bits per heavy atom. The van der Waals surface area contributed by atoms with Crippen molar-refractivity contribution >= 4 is 11.8 Å². The van der Waals surface area contributed by atoms with Gasteiger partial charge in [0, 0.05) is 6.54 Å². The molecule has 20 heavy (non-hydrogen) atoms. The highest BCUT2D eigenvalue weighted by Crippen LogP contribution is 2.39. The van der Waals surface area contributed by atoms with Crippen LogP contribution in [0.4, 0.5) is 0 Å². The first-order valence-electron chi connectivity index (χ1n) is 8.05. The van der Waals surface area contributed by atoms with E-state index in [4.69, 9.17) is 0 Å². The van der Waals surface area contributed by atoms with Gasteiger partial charge in [-0.3, -0.25) is 9.59 Å². The van der Waals surface area contributed by atoms with Crippen molar-refractivity contribution in [3.8, 4) is 0 Å². The van der Waals surface area contributed by atoms with E-state index >= 15 is 0 Å². The molecule has 4 nitrogen and oxygen atoms in total. The Labute approximate surface area is 122 Å². The molecule has 1 saturated heterocycles. The monoisotopic (exact) mass is 280 g/mol. The molecule has 1 spiro atoms. The molecule has 1 aliphatic heterocycles. The summed E-state index contributed by atoms with van der Waals surface area (Å²) in [5.74, 6) is 0.790. The van der Waals surface area contributed by atoms with Gasteiger partial charge < -0.3 is 10.2 Å². The first-order chi connectivity index (χ1) is 9.42. The first-order valence-corrected chi connectivity index (χ1v) is 8.05. The summed E-state index contributed by atoms with van der Waals surface area (Å²) in [5.41, 5.74) is -0.550. The van der Waals surface area contributed by atoms with Crippen LogP contribution in [-0.2, 0) is 9.59 Å². The summed E-state index contributed by atoms with van der Waals surface area (Å²) in [4.78, 5) is 27.4. The number of nitrogens with zero attached hydrogens (tertiary/aromatic N) is 1. The minimum Gasteiger partial charge on any atom is -0.342 e. The molecule has 1 heterocycles. The van der Waals surface area contributed by atoms with Crippen molar-refractivity contribution in [1.29, 1.82) is 0 Å². The molecule has 0 bridgehead atoms. The highest BCUT2D eigenvalue weighted by atomic mass is 16.2. The van der Waals surface area contributed by atoms with Gasteiger partial charge >= 0.3 is 0 Å². The lowest BCUT2D eigenvalue weighted by molar-refractivity contribution is -0.159. The quantitative estimate of drug-likeness (QED) is 0.859. The van der Waals surface area contributed by atoms with E-state index < -0.39 is 5.54 Å². The molecule has 2 atom stereocenters. The molecular weight excluding hydrogens is 252 g/mol. The molecule has 1 N–H and O–H groups in total. The molecule has 114 valence electrons. The Bertz CT molecular complexity index is 386. The van der Waals surface area contributed by atoms with Crippen LogP contribution in [0.2, 0.25) is 0 Å². The molecule has 0 aromatic heterocycles. The molecule has 0 aromatic rings. The highest BCUT2D eigenvalue weighted by molar-refractivity contribution is 6.00. The van der Waals surface area contributed by atoms with Gasteiger partial charge in [-0.15, -0.1) is 0 Å². The van der Waals surface area contributed by atoms with E-state index in [2.05, 4.69) is 19.2 Å². The van der Waals surface area contributed by atoms with Crippen LogP contribution in [0.5, 0.6) is 0 Å². The van der Waals surface area contributed by atoms with E-state index in [1.807, 2.05) is 18.7 Å². The van der Waals surface area contributed by atoms with Crippen LogP contribution in [0.3, 0.4) is 0 Å². The predicted molar refractivity (Wildman–Crippen MR) is 79.1 cm³/mol. The zero-order valence-electron chi connectivity index (χ0n) is 13.2. The molecule has 2 amide bonds. The number of amides is 2. The minimum absolute atomic E-state index is 0.0802. The Hall–Kier alpha value is -1.06. The van der Waals surface area contributed by atoms with Crippen LogP contribution in [0.1, 0.15) is 59.8 Å². The van der Waals surface area contributed by atoms with Crippen molar-refractivity contribution < 1.29 is 9.59 Å². The van der Waals surface area contributed by atoms with Gasteiger partial charge in [0.2, 0.25) is 11.8 Å². The van der Waals surface area contributed by atoms with Gasteiger partial charge in [0.1, 0.15) is 11.6 Å². The second-order valence-electron chi connectivity index (χ2n) is 6.90. The van der Waals surface area contributed by atoms with Gasteiger partial charge in [0.05, 0.1) is 0 Å². The maximum absolute atomic E-state index is 12.8. The standard InChI is InChI=1S/C16H28N2O2/c1-5-12(4)10-18-14(19)13(11(2)3)17-15(20)16(18)8-6-7-9-16/h11-13H,5-10H2,1-4H3,(H,17,20). The summed E-state index contributed by atoms with van der Waals surface area (Å²) in [7, 11) is 0. The third kappa shape index (κ3) is 2.45. The predicted octanol–water partition coefficient (Wildman–Crippen LogP) is 2.33. The van der Waals surface area contributed by atoms with Crippen LogP contribution in [-0.4, -0.2) is 34.8 Å². The number of hydrogen-bond donors (Lipinski definition) is 1. The molecule has 0 aromatic carbocycles. The molecule has 2 fully saturated rings. The van der Waals surface area contributed by atoms with Crippen LogP contribution in [0, 0.1) is 11.8 Å². The van der Waals surface area contributed by atoms with E-state index in [0.717, 1.165) is 32.1 Å². The lowest BCUT2D eigenvalue weighted by atomic mass is 9.86. The highest BCUT2D eigenvalue weighted by Gasteiger charge is 2.54. The van der Waals surface area contributed by atoms with Crippen molar-refractivity contribution in [2.24, 2.45) is 11.8 Å². The Balaban J connectivity index is 2.31. The van der Waals surface area contributed by atoms with Crippen molar-refractivity contribution in [1.82, 2.24) is 10.2 Å². The summed E-state index contributed by atoms with van der Waals surface area (Å²) in [6.07, 6.45) is 4.78. The summed E-state index contributed by atoms with van der Waals surface area (Å²) < 4.78 is 0. The summed E-state index contributed by atoms with van der Waals surface area (Å²) in [6.45, 7) is 9.01. The second kappa shape index (κ2) is 5.74. The molecule has 4 heteroatoms. The van der Waals surface area contributed by atoms with E-state index in [0.29, 0.717) is 12.5 Å². The Morgan fingerprint density at radius 1 is 1.25 bits per heavy atom. The van der Waals surface area contributed by atoms with Crippen molar-refractivity contribution in [2.45, 2.75) is 71.4 Å². The van der Waals surface area contributed by atoms with E-state index in [-0.39, 0.29) is 23.8 Å². The van der Waals surface area contributed by atoms with Gasteiger partial charge in [-0.05, 0) is 24.7 Å². The van der Waals surface area contributed by atoms with Gasteiger partial charge in [0.25, 0.3) is 0 Å². The number of nitrogens with one attached hydrogen (secondary N) is 1. The van der Waals surface area contributed by atoms with Gasteiger partial charge in [-0.25, -0.2) is 0 Å². The fourth-order valence-electron chi connectivity index (χ4n) is 3.45. The van der Waals surface area contributed by atoms with E-state index in [9.17, 15) is 9.59 Å². The fraction of sp³-hybridized carbons (Fsp3) is 0.875. The zero-order valence-corrected chi connectivity index (χ0v) is 13.2. The molecule has 0 radical (unpaired) electrons. The van der Waals surface area contributed by atoms with Crippen LogP contribution in [0.25, 0.3) is 0 Å². The molecular formula is C16H28N2O2. The van der Waals surface area contributed by atoms with Gasteiger partial charge in [0.15, 0.2) is 0 Å². The maximum atomic E-state index is 12.8. The maximum Gasteiger partial charge on any atom is 0.246 e. The van der Waals surface area contributed by atoms with E-state index in [1.165, 1.54) is 0 Å².